The number of rotatable bonds is 1. The Bertz CT molecular complexity index is 231. The van der Waals surface area contributed by atoms with Gasteiger partial charge in [0, 0.05) is 5.38 Å². The summed E-state index contributed by atoms with van der Waals surface area (Å²) in [5.41, 5.74) is 0.889. The van der Waals surface area contributed by atoms with E-state index in [9.17, 15) is 0 Å². The van der Waals surface area contributed by atoms with E-state index in [1.54, 1.807) is 17.8 Å². The van der Waals surface area contributed by atoms with Crippen molar-refractivity contribution in [3.8, 4) is 12.3 Å². The maximum absolute atomic E-state index is 5.03. The Labute approximate surface area is 58.8 Å². The zero-order valence-corrected chi connectivity index (χ0v) is 5.90. The molecule has 0 fully saturated rings. The Morgan fingerprint density at radius 1 is 1.89 bits per heavy atom. The fourth-order valence-electron chi connectivity index (χ4n) is 0.532. The molecule has 1 heterocycles. The molecule has 1 aromatic heterocycles. The summed E-state index contributed by atoms with van der Waals surface area (Å²) in [7, 11) is 0. The number of hydrogen-bond donors (Lipinski definition) is 0. The molecule has 1 radical (unpaired) electrons. The highest BCUT2D eigenvalue weighted by Gasteiger charge is 1.93. The van der Waals surface area contributed by atoms with E-state index in [1.807, 2.05) is 12.3 Å². The number of thiazole rings is 1. The SMILES string of the molecule is C#C[CH]c1csc(C)n1. The predicted octanol–water partition coefficient (Wildman–Crippen LogP) is 1.64. The van der Waals surface area contributed by atoms with E-state index >= 15 is 0 Å². The van der Waals surface area contributed by atoms with Crippen LogP contribution < -0.4 is 0 Å². The van der Waals surface area contributed by atoms with Gasteiger partial charge in [-0.15, -0.1) is 17.8 Å². The van der Waals surface area contributed by atoms with Crippen molar-refractivity contribution < 1.29 is 0 Å². The molecule has 0 aliphatic rings. The lowest BCUT2D eigenvalue weighted by atomic mass is 10.4. The third-order valence-corrected chi connectivity index (χ3v) is 1.66. The Balaban J connectivity index is 2.76. The molecule has 0 spiro atoms. The molecule has 0 aromatic carbocycles. The van der Waals surface area contributed by atoms with Crippen LogP contribution >= 0.6 is 11.3 Å². The molecule has 0 aliphatic heterocycles. The van der Waals surface area contributed by atoms with Crippen molar-refractivity contribution in [2.24, 2.45) is 0 Å². The number of nitrogens with zero attached hydrogens (tertiary/aromatic N) is 1. The molecular weight excluding hydrogens is 130 g/mol. The van der Waals surface area contributed by atoms with E-state index in [0.717, 1.165) is 10.7 Å². The topological polar surface area (TPSA) is 12.9 Å². The van der Waals surface area contributed by atoms with E-state index in [0.29, 0.717) is 0 Å². The van der Waals surface area contributed by atoms with Crippen molar-refractivity contribution in [3.63, 3.8) is 0 Å². The number of aromatic nitrogens is 1. The third-order valence-electron chi connectivity index (χ3n) is 0.868. The van der Waals surface area contributed by atoms with E-state index in [1.165, 1.54) is 0 Å². The van der Waals surface area contributed by atoms with Crippen LogP contribution in [0.25, 0.3) is 0 Å². The van der Waals surface area contributed by atoms with Crippen LogP contribution in [0, 0.1) is 25.7 Å². The highest BCUT2D eigenvalue weighted by molar-refractivity contribution is 7.09. The molecule has 2 heteroatoms. The second-order valence-electron chi connectivity index (χ2n) is 1.60. The van der Waals surface area contributed by atoms with Crippen molar-refractivity contribution >= 4 is 11.3 Å². The van der Waals surface area contributed by atoms with Crippen LogP contribution in [0.3, 0.4) is 0 Å². The third kappa shape index (κ3) is 1.55. The summed E-state index contributed by atoms with van der Waals surface area (Å²) in [6.45, 7) is 1.96. The van der Waals surface area contributed by atoms with Gasteiger partial charge in [0.2, 0.25) is 0 Å². The second-order valence-corrected chi connectivity index (χ2v) is 2.66. The highest BCUT2D eigenvalue weighted by Crippen LogP contribution is 2.08. The van der Waals surface area contributed by atoms with Gasteiger partial charge < -0.3 is 0 Å². The van der Waals surface area contributed by atoms with E-state index in [-0.39, 0.29) is 0 Å². The maximum atomic E-state index is 5.03. The van der Waals surface area contributed by atoms with Crippen LogP contribution in [-0.4, -0.2) is 4.98 Å². The van der Waals surface area contributed by atoms with E-state index < -0.39 is 0 Å². The molecule has 0 saturated carbocycles. The average Bonchev–Trinajstić information content (AvgIpc) is 2.17. The van der Waals surface area contributed by atoms with Gasteiger partial charge in [-0.25, -0.2) is 4.98 Å². The first kappa shape index (κ1) is 6.31. The lowest BCUT2D eigenvalue weighted by molar-refractivity contribution is 1.23. The van der Waals surface area contributed by atoms with Crippen LogP contribution in [0.4, 0.5) is 0 Å². The summed E-state index contributed by atoms with van der Waals surface area (Å²) >= 11 is 1.61. The molecule has 0 atom stereocenters. The Morgan fingerprint density at radius 2 is 2.67 bits per heavy atom. The minimum Gasteiger partial charge on any atom is -0.245 e. The Morgan fingerprint density at radius 3 is 3.11 bits per heavy atom. The fourth-order valence-corrected chi connectivity index (χ4v) is 1.10. The summed E-state index contributed by atoms with van der Waals surface area (Å²) in [5, 5.41) is 2.99. The zero-order valence-electron chi connectivity index (χ0n) is 5.09. The van der Waals surface area contributed by atoms with Crippen molar-refractivity contribution in [1.29, 1.82) is 0 Å². The summed E-state index contributed by atoms with van der Waals surface area (Å²) in [6.07, 6.45) is 6.69. The summed E-state index contributed by atoms with van der Waals surface area (Å²) in [4.78, 5) is 4.12. The number of terminal acetylenes is 1. The standard InChI is InChI=1S/C7H6NS/c1-3-4-7-5-9-6(2)8-7/h1,4-5H,2H3. The molecule has 1 aromatic rings. The highest BCUT2D eigenvalue weighted by atomic mass is 32.1. The van der Waals surface area contributed by atoms with E-state index in [2.05, 4.69) is 10.9 Å². The molecule has 0 N–H and O–H groups in total. The summed E-state index contributed by atoms with van der Waals surface area (Å²) in [6, 6.07) is 0. The molecule has 1 nitrogen and oxygen atoms in total. The Kier molecular flexibility index (Phi) is 1.86. The molecule has 0 bridgehead atoms. The second kappa shape index (κ2) is 2.65. The molecule has 0 aliphatic carbocycles. The summed E-state index contributed by atoms with van der Waals surface area (Å²) in [5.74, 6) is 2.42. The lowest BCUT2D eigenvalue weighted by Crippen LogP contribution is -1.76. The van der Waals surface area contributed by atoms with E-state index in [4.69, 9.17) is 6.42 Å². The molecule has 0 unspecified atom stereocenters. The van der Waals surface area contributed by atoms with Gasteiger partial charge in [-0.05, 0) is 6.92 Å². The quantitative estimate of drug-likeness (QED) is 0.535. The van der Waals surface area contributed by atoms with Crippen LogP contribution in [0.5, 0.6) is 0 Å². The summed E-state index contributed by atoms with van der Waals surface area (Å²) < 4.78 is 0. The van der Waals surface area contributed by atoms with Crippen LogP contribution in [0.2, 0.25) is 0 Å². The zero-order chi connectivity index (χ0) is 6.69. The van der Waals surface area contributed by atoms with Gasteiger partial charge >= 0.3 is 0 Å². The molecular formula is C7H6NS. The van der Waals surface area contributed by atoms with Crippen molar-refractivity contribution in [3.05, 3.63) is 22.5 Å². The van der Waals surface area contributed by atoms with Gasteiger partial charge in [0.15, 0.2) is 0 Å². The predicted molar refractivity (Wildman–Crippen MR) is 39.1 cm³/mol. The van der Waals surface area contributed by atoms with Crippen molar-refractivity contribution in [1.82, 2.24) is 4.98 Å². The monoisotopic (exact) mass is 136 g/mol. The molecule has 0 amide bonds. The molecule has 9 heavy (non-hydrogen) atoms. The normalized spacial score (nSPS) is 8.89. The van der Waals surface area contributed by atoms with Crippen LogP contribution in [0.1, 0.15) is 10.7 Å². The first-order valence-corrected chi connectivity index (χ1v) is 3.42. The van der Waals surface area contributed by atoms with Gasteiger partial charge in [-0.3, -0.25) is 0 Å². The van der Waals surface area contributed by atoms with Gasteiger partial charge in [-0.2, -0.15) is 0 Å². The molecule has 0 saturated heterocycles. The minimum absolute atomic E-state index is 0.889. The van der Waals surface area contributed by atoms with Gasteiger partial charge in [0.1, 0.15) is 0 Å². The fraction of sp³-hybridized carbons (Fsp3) is 0.143. The maximum Gasteiger partial charge on any atom is 0.0897 e. The van der Waals surface area contributed by atoms with Crippen LogP contribution in [-0.2, 0) is 0 Å². The first-order valence-electron chi connectivity index (χ1n) is 2.54. The Hall–Kier alpha value is -0.810. The van der Waals surface area contributed by atoms with Gasteiger partial charge in [0.25, 0.3) is 0 Å². The lowest BCUT2D eigenvalue weighted by Gasteiger charge is -1.78. The minimum atomic E-state index is 0.889. The molecule has 1 rings (SSSR count). The average molecular weight is 136 g/mol. The van der Waals surface area contributed by atoms with Crippen LogP contribution in [0.15, 0.2) is 5.38 Å². The largest absolute Gasteiger partial charge is 0.245 e. The van der Waals surface area contributed by atoms with Crippen molar-refractivity contribution in [2.45, 2.75) is 6.92 Å². The smallest absolute Gasteiger partial charge is 0.0897 e. The number of aryl methyl sites for hydroxylation is 1. The first-order chi connectivity index (χ1) is 4.33. The van der Waals surface area contributed by atoms with Gasteiger partial charge in [0.05, 0.1) is 17.1 Å². The molecule has 45 valence electrons. The van der Waals surface area contributed by atoms with Crippen molar-refractivity contribution in [2.75, 3.05) is 0 Å². The number of hydrogen-bond acceptors (Lipinski definition) is 2. The van der Waals surface area contributed by atoms with Gasteiger partial charge in [-0.1, -0.05) is 5.92 Å².